The van der Waals surface area contributed by atoms with Crippen LogP contribution in [-0.4, -0.2) is 0 Å². The fourth-order valence-electron chi connectivity index (χ4n) is 1.59. The highest BCUT2D eigenvalue weighted by atomic mass is 79.9. The van der Waals surface area contributed by atoms with Crippen molar-refractivity contribution in [1.82, 2.24) is 0 Å². The van der Waals surface area contributed by atoms with Crippen LogP contribution in [0.25, 0.3) is 0 Å². The molecule has 0 aromatic heterocycles. The van der Waals surface area contributed by atoms with Crippen LogP contribution in [0.5, 0.6) is 5.75 Å². The van der Waals surface area contributed by atoms with E-state index in [-0.39, 0.29) is 12.4 Å². The Hall–Kier alpha value is -1.55. The molecule has 0 aliphatic heterocycles. The van der Waals surface area contributed by atoms with Crippen molar-refractivity contribution in [2.24, 2.45) is 0 Å². The average Bonchev–Trinajstić information content (AvgIpc) is 2.35. The SMILES string of the molecule is Cc1cccc(OCc2cc(Br)ccc2F)c1N. The molecule has 0 aliphatic carbocycles. The van der Waals surface area contributed by atoms with Crippen LogP contribution in [0.4, 0.5) is 10.1 Å². The first-order chi connectivity index (χ1) is 8.58. The molecular weight excluding hydrogens is 297 g/mol. The van der Waals surface area contributed by atoms with Gasteiger partial charge in [0.15, 0.2) is 0 Å². The third-order valence-corrected chi connectivity index (χ3v) is 3.17. The third kappa shape index (κ3) is 2.82. The lowest BCUT2D eigenvalue weighted by Gasteiger charge is -2.11. The normalized spacial score (nSPS) is 10.4. The van der Waals surface area contributed by atoms with E-state index >= 15 is 0 Å². The topological polar surface area (TPSA) is 35.2 Å². The van der Waals surface area contributed by atoms with E-state index in [0.29, 0.717) is 17.0 Å². The first-order valence-electron chi connectivity index (χ1n) is 5.50. The summed E-state index contributed by atoms with van der Waals surface area (Å²) in [5.41, 5.74) is 7.91. The number of nitrogen functional groups attached to an aromatic ring is 1. The number of benzene rings is 2. The Kier molecular flexibility index (Phi) is 3.87. The number of aryl methyl sites for hydroxylation is 1. The number of rotatable bonds is 3. The number of ether oxygens (including phenoxy) is 1. The lowest BCUT2D eigenvalue weighted by molar-refractivity contribution is 0.301. The van der Waals surface area contributed by atoms with Crippen LogP contribution in [0.1, 0.15) is 11.1 Å². The second-order valence-electron chi connectivity index (χ2n) is 4.01. The highest BCUT2D eigenvalue weighted by Gasteiger charge is 2.06. The minimum atomic E-state index is -0.288. The first-order valence-corrected chi connectivity index (χ1v) is 6.29. The predicted molar refractivity (Wildman–Crippen MR) is 74.0 cm³/mol. The van der Waals surface area contributed by atoms with Crippen LogP contribution in [0.15, 0.2) is 40.9 Å². The fraction of sp³-hybridized carbons (Fsp3) is 0.143. The minimum absolute atomic E-state index is 0.152. The number of halogens is 2. The van der Waals surface area contributed by atoms with E-state index in [0.717, 1.165) is 10.0 Å². The summed E-state index contributed by atoms with van der Waals surface area (Å²) >= 11 is 3.30. The van der Waals surface area contributed by atoms with Crippen molar-refractivity contribution in [2.75, 3.05) is 5.73 Å². The van der Waals surface area contributed by atoms with Gasteiger partial charge in [0, 0.05) is 10.0 Å². The lowest BCUT2D eigenvalue weighted by atomic mass is 10.2. The lowest BCUT2D eigenvalue weighted by Crippen LogP contribution is -2.01. The Morgan fingerprint density at radius 1 is 1.28 bits per heavy atom. The molecule has 2 rings (SSSR count). The van der Waals surface area contributed by atoms with Gasteiger partial charge < -0.3 is 10.5 Å². The summed E-state index contributed by atoms with van der Waals surface area (Å²) in [6.45, 7) is 2.06. The van der Waals surface area contributed by atoms with Gasteiger partial charge in [-0.15, -0.1) is 0 Å². The van der Waals surface area contributed by atoms with E-state index in [1.165, 1.54) is 6.07 Å². The smallest absolute Gasteiger partial charge is 0.142 e. The Bertz CT molecular complexity index is 570. The highest BCUT2D eigenvalue weighted by Crippen LogP contribution is 2.26. The van der Waals surface area contributed by atoms with E-state index < -0.39 is 0 Å². The Labute approximate surface area is 114 Å². The van der Waals surface area contributed by atoms with Crippen LogP contribution in [0.2, 0.25) is 0 Å². The maximum atomic E-state index is 13.5. The van der Waals surface area contributed by atoms with Crippen LogP contribution >= 0.6 is 15.9 Å². The van der Waals surface area contributed by atoms with Gasteiger partial charge in [0.25, 0.3) is 0 Å². The number of hydrogen-bond acceptors (Lipinski definition) is 2. The molecule has 18 heavy (non-hydrogen) atoms. The zero-order chi connectivity index (χ0) is 13.1. The molecule has 0 unspecified atom stereocenters. The molecule has 0 heterocycles. The molecule has 0 spiro atoms. The van der Waals surface area contributed by atoms with Crippen molar-refractivity contribution in [2.45, 2.75) is 13.5 Å². The highest BCUT2D eigenvalue weighted by molar-refractivity contribution is 9.10. The van der Waals surface area contributed by atoms with Crippen LogP contribution in [0, 0.1) is 12.7 Å². The van der Waals surface area contributed by atoms with E-state index in [1.54, 1.807) is 18.2 Å². The van der Waals surface area contributed by atoms with Crippen molar-refractivity contribution in [3.05, 3.63) is 57.8 Å². The summed E-state index contributed by atoms with van der Waals surface area (Å²) in [5, 5.41) is 0. The van der Waals surface area contributed by atoms with Crippen molar-refractivity contribution in [3.63, 3.8) is 0 Å². The Balaban J connectivity index is 2.16. The molecule has 0 atom stereocenters. The molecule has 0 saturated heterocycles. The molecule has 4 heteroatoms. The molecule has 2 aromatic rings. The van der Waals surface area contributed by atoms with Gasteiger partial charge in [-0.3, -0.25) is 0 Å². The molecule has 0 saturated carbocycles. The second kappa shape index (κ2) is 5.40. The van der Waals surface area contributed by atoms with Gasteiger partial charge in [-0.25, -0.2) is 4.39 Å². The molecule has 2 N–H and O–H groups in total. The molecule has 0 aliphatic rings. The summed E-state index contributed by atoms with van der Waals surface area (Å²) in [6.07, 6.45) is 0. The maximum Gasteiger partial charge on any atom is 0.142 e. The number of para-hydroxylation sites is 1. The van der Waals surface area contributed by atoms with Crippen LogP contribution in [-0.2, 0) is 6.61 Å². The number of nitrogens with two attached hydrogens (primary N) is 1. The summed E-state index contributed by atoms with van der Waals surface area (Å²) in [4.78, 5) is 0. The number of hydrogen-bond donors (Lipinski definition) is 1. The van der Waals surface area contributed by atoms with Crippen LogP contribution < -0.4 is 10.5 Å². The number of anilines is 1. The van der Waals surface area contributed by atoms with Gasteiger partial charge in [-0.2, -0.15) is 0 Å². The van der Waals surface area contributed by atoms with Crippen molar-refractivity contribution in [3.8, 4) is 5.75 Å². The quantitative estimate of drug-likeness (QED) is 0.868. The summed E-state index contributed by atoms with van der Waals surface area (Å²) in [7, 11) is 0. The van der Waals surface area contributed by atoms with Gasteiger partial charge in [-0.1, -0.05) is 28.1 Å². The largest absolute Gasteiger partial charge is 0.487 e. The van der Waals surface area contributed by atoms with E-state index in [9.17, 15) is 4.39 Å². The van der Waals surface area contributed by atoms with Gasteiger partial charge in [0.05, 0.1) is 5.69 Å². The molecule has 0 fully saturated rings. The van der Waals surface area contributed by atoms with Gasteiger partial charge in [0.2, 0.25) is 0 Å². The van der Waals surface area contributed by atoms with Gasteiger partial charge in [-0.05, 0) is 36.8 Å². The monoisotopic (exact) mass is 309 g/mol. The van der Waals surface area contributed by atoms with Gasteiger partial charge in [0.1, 0.15) is 18.2 Å². The summed E-state index contributed by atoms with van der Waals surface area (Å²) in [6, 6.07) is 10.3. The first kappa shape index (κ1) is 12.9. The average molecular weight is 310 g/mol. The zero-order valence-electron chi connectivity index (χ0n) is 9.91. The minimum Gasteiger partial charge on any atom is -0.487 e. The van der Waals surface area contributed by atoms with Crippen molar-refractivity contribution < 1.29 is 9.13 Å². The third-order valence-electron chi connectivity index (χ3n) is 2.68. The standard InChI is InChI=1S/C14H13BrFNO/c1-9-3-2-4-13(14(9)17)18-8-10-7-11(15)5-6-12(10)16/h2-7H,8,17H2,1H3. The molecule has 2 aromatic carbocycles. The molecule has 94 valence electrons. The summed E-state index contributed by atoms with van der Waals surface area (Å²) in [5.74, 6) is 0.291. The van der Waals surface area contributed by atoms with E-state index in [1.807, 2.05) is 19.1 Å². The molecular formula is C14H13BrFNO. The predicted octanol–water partition coefficient (Wildman–Crippen LogP) is 4.06. The second-order valence-corrected chi connectivity index (χ2v) is 4.93. The van der Waals surface area contributed by atoms with E-state index in [2.05, 4.69) is 15.9 Å². The summed E-state index contributed by atoms with van der Waals surface area (Å²) < 4.78 is 19.9. The Morgan fingerprint density at radius 3 is 2.83 bits per heavy atom. The molecule has 0 radical (unpaired) electrons. The molecule has 2 nitrogen and oxygen atoms in total. The molecule has 0 amide bonds. The molecule has 0 bridgehead atoms. The maximum absolute atomic E-state index is 13.5. The van der Waals surface area contributed by atoms with Crippen LogP contribution in [0.3, 0.4) is 0 Å². The Morgan fingerprint density at radius 2 is 2.06 bits per heavy atom. The fourth-order valence-corrected chi connectivity index (χ4v) is 2.00. The van der Waals surface area contributed by atoms with Crippen molar-refractivity contribution >= 4 is 21.6 Å². The van der Waals surface area contributed by atoms with Gasteiger partial charge >= 0.3 is 0 Å². The van der Waals surface area contributed by atoms with E-state index in [4.69, 9.17) is 10.5 Å². The zero-order valence-corrected chi connectivity index (χ0v) is 11.5. The van der Waals surface area contributed by atoms with Crippen molar-refractivity contribution in [1.29, 1.82) is 0 Å².